The number of para-hydroxylation sites is 2. The Morgan fingerprint density at radius 3 is 2.31 bits per heavy atom. The number of carbonyl (C=O) groups excluding carboxylic acids is 1. The minimum Gasteiger partial charge on any atom is -1.00 e. The third kappa shape index (κ3) is 4.23. The number of aromatic nitrogens is 2. The monoisotopic (exact) mass is 377 g/mol. The van der Waals surface area contributed by atoms with Gasteiger partial charge >= 0.3 is 0 Å². The molecular formula is C18H19ClFN4O2-. The maximum Gasteiger partial charge on any atom is 0.237 e. The van der Waals surface area contributed by atoms with Gasteiger partial charge in [-0.15, -0.1) is 0 Å². The van der Waals surface area contributed by atoms with E-state index in [-0.39, 0.29) is 30.4 Å². The van der Waals surface area contributed by atoms with Gasteiger partial charge in [0.05, 0.1) is 17.6 Å². The first-order valence-electron chi connectivity index (χ1n) is 7.95. The Morgan fingerprint density at radius 2 is 1.69 bits per heavy atom. The number of ether oxygens (including phenoxy) is 1. The molecule has 6 nitrogen and oxygen atoms in total. The van der Waals surface area contributed by atoms with Gasteiger partial charge in [0.25, 0.3) is 0 Å². The Balaban J connectivity index is 0.00000243. The van der Waals surface area contributed by atoms with E-state index in [1.807, 2.05) is 28.8 Å². The number of primary amides is 1. The van der Waals surface area contributed by atoms with E-state index in [9.17, 15) is 9.18 Å². The molecule has 0 saturated carbocycles. The van der Waals surface area contributed by atoms with Gasteiger partial charge in [0.1, 0.15) is 18.1 Å². The Bertz CT molecular complexity index is 950. The average molecular weight is 378 g/mol. The van der Waals surface area contributed by atoms with Gasteiger partial charge in [-0.05, 0) is 42.8 Å². The summed E-state index contributed by atoms with van der Waals surface area (Å²) in [6.07, 6.45) is 0.665. The average Bonchev–Trinajstić information content (AvgIpc) is 2.85. The summed E-state index contributed by atoms with van der Waals surface area (Å²) in [6, 6.07) is 13.4. The largest absolute Gasteiger partial charge is 1.00 e. The van der Waals surface area contributed by atoms with Crippen LogP contribution in [0.1, 0.15) is 6.42 Å². The van der Waals surface area contributed by atoms with Crippen molar-refractivity contribution in [3.05, 3.63) is 60.0 Å². The highest BCUT2D eigenvalue weighted by Crippen LogP contribution is 2.14. The third-order valence-electron chi connectivity index (χ3n) is 3.90. The standard InChI is InChI=1S/C18H19FN4O2.ClH/c19-13-6-8-14(9-7-13)25-11-3-10-22-15-4-1-2-5-16(15)23(18(22)21)12-17(20)24;/h1-2,4-9,21H,3,10-12H2,(H2,20,24);1H/p-1. The fourth-order valence-corrected chi connectivity index (χ4v) is 2.78. The molecule has 0 aliphatic heterocycles. The molecule has 3 rings (SSSR count). The highest BCUT2D eigenvalue weighted by atomic mass is 35.5. The SMILES string of the molecule is N=c1n(CCCOc2ccc(F)cc2)c2ccccc2n1CC(N)=O.[Cl-]. The summed E-state index contributed by atoms with van der Waals surface area (Å²) in [5.74, 6) is -0.182. The predicted octanol–water partition coefficient (Wildman–Crippen LogP) is -0.980. The van der Waals surface area contributed by atoms with Gasteiger partial charge < -0.3 is 32.0 Å². The summed E-state index contributed by atoms with van der Waals surface area (Å²) < 4.78 is 21.9. The summed E-state index contributed by atoms with van der Waals surface area (Å²) in [5.41, 5.74) is 7.18. The minimum atomic E-state index is -0.485. The molecule has 0 aliphatic rings. The predicted molar refractivity (Wildman–Crippen MR) is 91.5 cm³/mol. The summed E-state index contributed by atoms with van der Waals surface area (Å²) in [6.45, 7) is 0.970. The molecule has 0 bridgehead atoms. The summed E-state index contributed by atoms with van der Waals surface area (Å²) in [5, 5.41) is 8.33. The lowest BCUT2D eigenvalue weighted by Crippen LogP contribution is -3.00. The van der Waals surface area contributed by atoms with Crippen LogP contribution in [-0.4, -0.2) is 21.6 Å². The van der Waals surface area contributed by atoms with Crippen LogP contribution >= 0.6 is 0 Å². The molecule has 3 aromatic rings. The number of rotatable bonds is 7. The van der Waals surface area contributed by atoms with Crippen molar-refractivity contribution < 1.29 is 26.3 Å². The number of hydrogen-bond donors (Lipinski definition) is 2. The summed E-state index contributed by atoms with van der Waals surface area (Å²) >= 11 is 0. The van der Waals surface area contributed by atoms with Crippen LogP contribution in [0.2, 0.25) is 0 Å². The first-order chi connectivity index (χ1) is 12.1. The number of aryl methyl sites for hydroxylation is 1. The molecule has 1 amide bonds. The Morgan fingerprint density at radius 1 is 1.08 bits per heavy atom. The van der Waals surface area contributed by atoms with Crippen molar-refractivity contribution in [1.82, 2.24) is 9.13 Å². The van der Waals surface area contributed by atoms with Crippen molar-refractivity contribution in [2.75, 3.05) is 6.61 Å². The maximum atomic E-state index is 12.9. The zero-order valence-electron chi connectivity index (χ0n) is 14.0. The lowest BCUT2D eigenvalue weighted by molar-refractivity contribution is -0.118. The van der Waals surface area contributed by atoms with Crippen molar-refractivity contribution in [3.63, 3.8) is 0 Å². The van der Waals surface area contributed by atoms with E-state index in [2.05, 4.69) is 0 Å². The second kappa shape index (κ2) is 8.53. The number of benzene rings is 2. The molecule has 0 saturated heterocycles. The van der Waals surface area contributed by atoms with E-state index in [1.54, 1.807) is 16.7 Å². The van der Waals surface area contributed by atoms with Gasteiger partial charge in [-0.25, -0.2) is 4.39 Å². The summed E-state index contributed by atoms with van der Waals surface area (Å²) in [7, 11) is 0. The number of fused-ring (bicyclic) bond motifs is 1. The number of carbonyl (C=O) groups is 1. The maximum absolute atomic E-state index is 12.9. The van der Waals surface area contributed by atoms with Crippen molar-refractivity contribution in [3.8, 4) is 5.75 Å². The highest BCUT2D eigenvalue weighted by molar-refractivity contribution is 5.79. The second-order valence-corrected chi connectivity index (χ2v) is 5.67. The number of amides is 1. The number of imidazole rings is 1. The minimum absolute atomic E-state index is 0. The van der Waals surface area contributed by atoms with E-state index < -0.39 is 5.91 Å². The molecule has 0 spiro atoms. The van der Waals surface area contributed by atoms with Crippen LogP contribution in [0.15, 0.2) is 48.5 Å². The molecule has 138 valence electrons. The Hall–Kier alpha value is -2.80. The van der Waals surface area contributed by atoms with Crippen molar-refractivity contribution in [1.29, 1.82) is 5.41 Å². The number of hydrogen-bond acceptors (Lipinski definition) is 3. The third-order valence-corrected chi connectivity index (χ3v) is 3.90. The molecule has 0 radical (unpaired) electrons. The molecule has 1 heterocycles. The second-order valence-electron chi connectivity index (χ2n) is 5.67. The van der Waals surface area contributed by atoms with Crippen LogP contribution in [0.3, 0.4) is 0 Å². The molecule has 1 aromatic heterocycles. The lowest BCUT2D eigenvalue weighted by atomic mass is 10.3. The lowest BCUT2D eigenvalue weighted by Gasteiger charge is -2.07. The first-order valence-corrected chi connectivity index (χ1v) is 7.95. The number of halogens is 2. The topological polar surface area (TPSA) is 86.0 Å². The number of nitrogens with two attached hydrogens (primary N) is 1. The molecule has 0 aliphatic carbocycles. The fourth-order valence-electron chi connectivity index (χ4n) is 2.78. The van der Waals surface area contributed by atoms with Crippen molar-refractivity contribution in [2.24, 2.45) is 5.73 Å². The Kier molecular flexibility index (Phi) is 6.41. The molecule has 2 aromatic carbocycles. The number of nitrogens with one attached hydrogen (secondary N) is 1. The van der Waals surface area contributed by atoms with Crippen molar-refractivity contribution in [2.45, 2.75) is 19.5 Å². The first kappa shape index (κ1) is 19.5. The molecule has 0 fully saturated rings. The van der Waals surface area contributed by atoms with Gasteiger partial charge in [0.2, 0.25) is 11.5 Å². The van der Waals surface area contributed by atoms with E-state index in [4.69, 9.17) is 15.9 Å². The molecule has 8 heteroatoms. The molecule has 3 N–H and O–H groups in total. The summed E-state index contributed by atoms with van der Waals surface area (Å²) in [4.78, 5) is 11.3. The quantitative estimate of drug-likeness (QED) is 0.519. The van der Waals surface area contributed by atoms with E-state index in [0.29, 0.717) is 25.3 Å². The number of nitrogens with zero attached hydrogens (tertiary/aromatic N) is 2. The van der Waals surface area contributed by atoms with Crippen LogP contribution in [0.25, 0.3) is 11.0 Å². The zero-order chi connectivity index (χ0) is 17.8. The zero-order valence-corrected chi connectivity index (χ0v) is 14.7. The van der Waals surface area contributed by atoms with Crippen LogP contribution in [0.4, 0.5) is 4.39 Å². The Labute approximate surface area is 155 Å². The molecule has 26 heavy (non-hydrogen) atoms. The van der Waals surface area contributed by atoms with Gasteiger partial charge in [-0.3, -0.25) is 10.2 Å². The van der Waals surface area contributed by atoms with Crippen LogP contribution < -0.4 is 28.5 Å². The van der Waals surface area contributed by atoms with Gasteiger partial charge in [0.15, 0.2) is 0 Å². The van der Waals surface area contributed by atoms with Gasteiger partial charge in [-0.2, -0.15) is 0 Å². The van der Waals surface area contributed by atoms with Crippen LogP contribution in [0, 0.1) is 11.2 Å². The molecule has 0 atom stereocenters. The van der Waals surface area contributed by atoms with E-state index in [1.165, 1.54) is 12.1 Å². The normalized spacial score (nSPS) is 10.5. The van der Waals surface area contributed by atoms with Crippen molar-refractivity contribution >= 4 is 16.9 Å². The van der Waals surface area contributed by atoms with E-state index in [0.717, 1.165) is 11.0 Å². The fraction of sp³-hybridized carbons (Fsp3) is 0.222. The molecule has 0 unspecified atom stereocenters. The molecular weight excluding hydrogens is 359 g/mol. The van der Waals surface area contributed by atoms with Crippen LogP contribution in [-0.2, 0) is 17.9 Å². The smallest absolute Gasteiger partial charge is 0.237 e. The van der Waals surface area contributed by atoms with Gasteiger partial charge in [-0.1, -0.05) is 12.1 Å². The van der Waals surface area contributed by atoms with Gasteiger partial charge in [0, 0.05) is 6.54 Å². The van der Waals surface area contributed by atoms with Crippen LogP contribution in [0.5, 0.6) is 5.75 Å². The van der Waals surface area contributed by atoms with E-state index >= 15 is 0 Å². The highest BCUT2D eigenvalue weighted by Gasteiger charge is 2.11.